The van der Waals surface area contributed by atoms with Crippen molar-refractivity contribution in [2.45, 2.75) is 25.8 Å². The number of aromatic amines is 1. The van der Waals surface area contributed by atoms with Crippen LogP contribution < -0.4 is 0 Å². The fourth-order valence-electron chi connectivity index (χ4n) is 4.39. The van der Waals surface area contributed by atoms with Crippen LogP contribution in [0.15, 0.2) is 67.3 Å². The van der Waals surface area contributed by atoms with Gasteiger partial charge in [0.05, 0.1) is 23.6 Å². The molecule has 0 bridgehead atoms. The summed E-state index contributed by atoms with van der Waals surface area (Å²) in [7, 11) is 0. The maximum Gasteiger partial charge on any atom is 0.253 e. The lowest BCUT2D eigenvalue weighted by atomic mass is 10.0. The summed E-state index contributed by atoms with van der Waals surface area (Å²) in [6, 6.07) is 16.0. The normalized spacial score (nSPS) is 17.2. The predicted molar refractivity (Wildman–Crippen MR) is 117 cm³/mol. The third-order valence-electron chi connectivity index (χ3n) is 6.06. The fraction of sp³-hybridized carbons (Fsp3) is 0.292. The number of rotatable bonds is 4. The molecular formula is C24H25N5O. The van der Waals surface area contributed by atoms with Crippen molar-refractivity contribution < 1.29 is 4.79 Å². The number of hydrogen-bond acceptors (Lipinski definition) is 3. The Morgan fingerprint density at radius 3 is 2.80 bits per heavy atom. The lowest BCUT2D eigenvalue weighted by Gasteiger charge is -2.21. The molecule has 6 nitrogen and oxygen atoms in total. The van der Waals surface area contributed by atoms with Crippen LogP contribution in [0.3, 0.4) is 0 Å². The molecule has 152 valence electrons. The highest BCUT2D eigenvalue weighted by Gasteiger charge is 2.22. The quantitative estimate of drug-likeness (QED) is 0.554. The largest absolute Gasteiger partial charge is 0.339 e. The smallest absolute Gasteiger partial charge is 0.253 e. The summed E-state index contributed by atoms with van der Waals surface area (Å²) in [5.74, 6) is 0.695. The molecule has 0 radical (unpaired) electrons. The van der Waals surface area contributed by atoms with E-state index in [0.29, 0.717) is 5.92 Å². The molecule has 1 amide bonds. The molecule has 1 atom stereocenters. The zero-order valence-electron chi connectivity index (χ0n) is 16.9. The molecule has 5 rings (SSSR count). The van der Waals surface area contributed by atoms with Crippen LogP contribution >= 0.6 is 0 Å². The van der Waals surface area contributed by atoms with Crippen LogP contribution in [0.1, 0.15) is 29.6 Å². The zero-order chi connectivity index (χ0) is 20.3. The Balaban J connectivity index is 1.27. The van der Waals surface area contributed by atoms with Crippen LogP contribution in [0.2, 0.25) is 0 Å². The van der Waals surface area contributed by atoms with Crippen LogP contribution in [0.4, 0.5) is 0 Å². The van der Waals surface area contributed by atoms with E-state index in [1.165, 1.54) is 0 Å². The van der Waals surface area contributed by atoms with E-state index >= 15 is 0 Å². The number of H-pyrrole nitrogens is 1. The average molecular weight is 399 g/mol. The third-order valence-corrected chi connectivity index (χ3v) is 6.06. The maximum atomic E-state index is 12.8. The summed E-state index contributed by atoms with van der Waals surface area (Å²) < 4.78 is 2.26. The van der Waals surface area contributed by atoms with Gasteiger partial charge in [0.25, 0.3) is 5.91 Å². The van der Waals surface area contributed by atoms with Gasteiger partial charge in [-0.25, -0.2) is 4.98 Å². The molecule has 1 unspecified atom stereocenters. The molecule has 4 aromatic rings. The summed E-state index contributed by atoms with van der Waals surface area (Å²) >= 11 is 0. The van der Waals surface area contributed by atoms with Crippen molar-refractivity contribution in [3.63, 3.8) is 0 Å². The van der Waals surface area contributed by atoms with Crippen molar-refractivity contribution in [1.82, 2.24) is 24.6 Å². The van der Waals surface area contributed by atoms with Gasteiger partial charge >= 0.3 is 0 Å². The number of amides is 1. The number of fused-ring (bicyclic) bond motifs is 1. The number of imidazole rings is 1. The van der Waals surface area contributed by atoms with Gasteiger partial charge in [-0.3, -0.25) is 9.89 Å². The molecule has 1 N–H and O–H groups in total. The van der Waals surface area contributed by atoms with Gasteiger partial charge in [-0.05, 0) is 55.0 Å². The van der Waals surface area contributed by atoms with Gasteiger partial charge in [0, 0.05) is 37.0 Å². The van der Waals surface area contributed by atoms with Crippen LogP contribution in [0.25, 0.3) is 22.2 Å². The summed E-state index contributed by atoms with van der Waals surface area (Å²) in [6.45, 7) is 2.59. The fourth-order valence-corrected chi connectivity index (χ4v) is 4.39. The zero-order valence-corrected chi connectivity index (χ0v) is 16.9. The molecule has 2 aromatic carbocycles. The highest BCUT2D eigenvalue weighted by Crippen LogP contribution is 2.26. The molecule has 30 heavy (non-hydrogen) atoms. The lowest BCUT2D eigenvalue weighted by molar-refractivity contribution is 0.0759. The number of nitrogens with one attached hydrogen (secondary N) is 1. The first kappa shape index (κ1) is 18.6. The molecule has 0 saturated carbocycles. The highest BCUT2D eigenvalue weighted by atomic mass is 16.2. The molecule has 1 aliphatic rings. The van der Waals surface area contributed by atoms with E-state index < -0.39 is 0 Å². The number of aromatic nitrogens is 4. The van der Waals surface area contributed by atoms with Crippen LogP contribution in [0, 0.1) is 5.92 Å². The maximum absolute atomic E-state index is 12.8. The Bertz CT molecular complexity index is 1130. The van der Waals surface area contributed by atoms with Crippen LogP contribution in [-0.2, 0) is 6.54 Å². The average Bonchev–Trinajstić information content (AvgIpc) is 3.40. The molecule has 1 fully saturated rings. The predicted octanol–water partition coefficient (Wildman–Crippen LogP) is 4.37. The van der Waals surface area contributed by atoms with Crippen molar-refractivity contribution in [1.29, 1.82) is 0 Å². The van der Waals surface area contributed by atoms with Gasteiger partial charge in [-0.2, -0.15) is 5.10 Å². The molecule has 6 heteroatoms. The number of carbonyl (C=O) groups is 1. The Morgan fingerprint density at radius 2 is 1.97 bits per heavy atom. The molecule has 1 saturated heterocycles. The van der Waals surface area contributed by atoms with Gasteiger partial charge in [-0.1, -0.05) is 24.3 Å². The van der Waals surface area contributed by atoms with Crippen molar-refractivity contribution in [2.75, 3.05) is 13.1 Å². The summed E-state index contributed by atoms with van der Waals surface area (Å²) in [5.41, 5.74) is 5.13. The molecule has 0 spiro atoms. The van der Waals surface area contributed by atoms with E-state index in [4.69, 9.17) is 0 Å². The number of benzene rings is 2. The number of nitrogens with zero attached hydrogens (tertiary/aromatic N) is 4. The number of hydrogen-bond donors (Lipinski definition) is 1. The van der Waals surface area contributed by atoms with Crippen LogP contribution in [0.5, 0.6) is 0 Å². The molecule has 0 aliphatic carbocycles. The van der Waals surface area contributed by atoms with Gasteiger partial charge in [0.15, 0.2) is 0 Å². The first-order valence-corrected chi connectivity index (χ1v) is 10.6. The van der Waals surface area contributed by atoms with E-state index in [2.05, 4.69) is 37.9 Å². The minimum Gasteiger partial charge on any atom is -0.339 e. The first-order valence-electron chi connectivity index (χ1n) is 10.6. The minimum absolute atomic E-state index is 0.149. The van der Waals surface area contributed by atoms with E-state index in [-0.39, 0.29) is 5.91 Å². The Kier molecular flexibility index (Phi) is 5.05. The van der Waals surface area contributed by atoms with Crippen molar-refractivity contribution in [2.24, 2.45) is 5.92 Å². The van der Waals surface area contributed by atoms with Crippen molar-refractivity contribution in [3.8, 4) is 11.1 Å². The SMILES string of the molecule is O=C(c1ccccc1)N1CCCC(Cn2cnc3cc(-c4cn[nH]c4)ccc32)CC1. The molecule has 2 aromatic heterocycles. The van der Waals surface area contributed by atoms with E-state index in [9.17, 15) is 4.79 Å². The van der Waals surface area contributed by atoms with Gasteiger partial charge in [-0.15, -0.1) is 0 Å². The van der Waals surface area contributed by atoms with Crippen molar-refractivity contribution in [3.05, 3.63) is 72.8 Å². The Morgan fingerprint density at radius 1 is 1.07 bits per heavy atom. The van der Waals surface area contributed by atoms with Crippen molar-refractivity contribution >= 4 is 16.9 Å². The first-order chi connectivity index (χ1) is 14.8. The summed E-state index contributed by atoms with van der Waals surface area (Å²) in [4.78, 5) is 19.4. The van der Waals surface area contributed by atoms with E-state index in [0.717, 1.165) is 66.6 Å². The number of likely N-dealkylation sites (tertiary alicyclic amines) is 1. The highest BCUT2D eigenvalue weighted by molar-refractivity contribution is 5.94. The monoisotopic (exact) mass is 399 g/mol. The second-order valence-corrected chi connectivity index (χ2v) is 8.04. The Labute approximate surface area is 175 Å². The third kappa shape index (κ3) is 3.73. The second-order valence-electron chi connectivity index (χ2n) is 8.04. The van der Waals surface area contributed by atoms with Crippen LogP contribution in [-0.4, -0.2) is 43.6 Å². The van der Waals surface area contributed by atoms with Gasteiger partial charge in [0.1, 0.15) is 0 Å². The van der Waals surface area contributed by atoms with Gasteiger partial charge in [0.2, 0.25) is 0 Å². The van der Waals surface area contributed by atoms with E-state index in [1.807, 2.05) is 54.0 Å². The van der Waals surface area contributed by atoms with Gasteiger partial charge < -0.3 is 9.47 Å². The Hall–Kier alpha value is -3.41. The molecule has 3 heterocycles. The standard InChI is InChI=1S/C24H25N5O/c30-24(19-6-2-1-3-7-19)28-11-4-5-18(10-12-28)16-29-17-25-22-13-20(8-9-23(22)29)21-14-26-27-15-21/h1-3,6-9,13-15,17-18H,4-5,10-12,16H2,(H,26,27). The van der Waals surface area contributed by atoms with E-state index in [1.54, 1.807) is 0 Å². The molecule has 1 aliphatic heterocycles. The molecular weight excluding hydrogens is 374 g/mol. The topological polar surface area (TPSA) is 66.8 Å². The lowest BCUT2D eigenvalue weighted by Crippen LogP contribution is -2.32. The summed E-state index contributed by atoms with van der Waals surface area (Å²) in [6.07, 6.45) is 8.86. The summed E-state index contributed by atoms with van der Waals surface area (Å²) in [5, 5.41) is 6.89. The second kappa shape index (κ2) is 8.14. The minimum atomic E-state index is 0.149. The number of carbonyl (C=O) groups excluding carboxylic acids is 1.